The molecule has 1 radical (unpaired) electrons. The highest BCUT2D eigenvalue weighted by molar-refractivity contribution is 5.47. The van der Waals surface area contributed by atoms with Gasteiger partial charge in [0.15, 0.2) is 5.82 Å². The van der Waals surface area contributed by atoms with E-state index >= 15 is 0 Å². The number of unbranched alkanes of at least 4 members (excludes halogenated alkanes) is 1. The lowest BCUT2D eigenvalue weighted by Crippen LogP contribution is -2.07. The Kier molecular flexibility index (Phi) is 2.43. The number of imidazole rings is 1. The molecule has 2 heterocycles. The molecule has 0 saturated carbocycles. The Balaban J connectivity index is 2.35. The average Bonchev–Trinajstić information content (AvgIpc) is 2.61. The molecule has 0 unspecified atom stereocenters. The van der Waals surface area contributed by atoms with E-state index in [1.165, 1.54) is 12.7 Å². The number of fused-ring (bicyclic) bond motifs is 1. The Hall–Kier alpha value is -1.45. The van der Waals surface area contributed by atoms with Crippen molar-refractivity contribution in [3.05, 3.63) is 18.3 Å². The third kappa shape index (κ3) is 1.60. The van der Waals surface area contributed by atoms with Crippen LogP contribution in [0.1, 0.15) is 25.6 Å². The average molecular weight is 189 g/mol. The lowest BCUT2D eigenvalue weighted by Gasteiger charge is -2.07. The first-order valence-electron chi connectivity index (χ1n) is 4.87. The maximum atomic E-state index is 4.43. The number of aryl methyl sites for hydroxylation is 2. The standard InChI is InChI=1S/C10H13N4/c1-3-4-5-9-13-10-8(6-14(9)2)11-7-12-10/h7H,3-5H2,1-2H3. The van der Waals surface area contributed by atoms with Crippen LogP contribution in [0.3, 0.4) is 0 Å². The van der Waals surface area contributed by atoms with Gasteiger partial charge in [-0.15, -0.1) is 0 Å². The normalized spacial score (nSPS) is 11.0. The van der Waals surface area contributed by atoms with Crippen LogP contribution in [-0.2, 0) is 13.5 Å². The van der Waals surface area contributed by atoms with E-state index in [1.54, 1.807) is 0 Å². The molecular formula is C10H13N4. The second-order valence-electron chi connectivity index (χ2n) is 3.35. The largest absolute Gasteiger partial charge is 0.329 e. The summed E-state index contributed by atoms with van der Waals surface area (Å²) in [4.78, 5) is 12.5. The molecule has 0 aliphatic carbocycles. The molecule has 73 valence electrons. The van der Waals surface area contributed by atoms with Crippen LogP contribution in [0.5, 0.6) is 0 Å². The quantitative estimate of drug-likeness (QED) is 0.734. The van der Waals surface area contributed by atoms with Crippen LogP contribution in [-0.4, -0.2) is 19.5 Å². The van der Waals surface area contributed by atoms with Gasteiger partial charge in [0, 0.05) is 13.5 Å². The van der Waals surface area contributed by atoms with Gasteiger partial charge in [-0.1, -0.05) is 13.3 Å². The van der Waals surface area contributed by atoms with Gasteiger partial charge in [0.2, 0.25) is 0 Å². The fourth-order valence-corrected chi connectivity index (χ4v) is 1.40. The van der Waals surface area contributed by atoms with E-state index < -0.39 is 0 Å². The number of hydrogen-bond acceptors (Lipinski definition) is 3. The molecule has 2 rings (SSSR count). The lowest BCUT2D eigenvalue weighted by atomic mass is 10.2. The molecule has 0 amide bonds. The molecular weight excluding hydrogens is 176 g/mol. The summed E-state index contributed by atoms with van der Waals surface area (Å²) in [6.45, 7) is 2.17. The van der Waals surface area contributed by atoms with Gasteiger partial charge < -0.3 is 4.57 Å². The van der Waals surface area contributed by atoms with Gasteiger partial charge in [-0.25, -0.2) is 15.0 Å². The van der Waals surface area contributed by atoms with Gasteiger partial charge in [-0.05, 0) is 6.42 Å². The topological polar surface area (TPSA) is 43.6 Å². The van der Waals surface area contributed by atoms with Crippen molar-refractivity contribution in [2.45, 2.75) is 26.2 Å². The predicted octanol–water partition coefficient (Wildman–Crippen LogP) is 1.46. The van der Waals surface area contributed by atoms with Crippen molar-refractivity contribution >= 4 is 0 Å². The van der Waals surface area contributed by atoms with E-state index in [0.717, 1.165) is 24.4 Å². The molecule has 4 nitrogen and oxygen atoms in total. The molecule has 14 heavy (non-hydrogen) atoms. The van der Waals surface area contributed by atoms with Crippen molar-refractivity contribution in [3.8, 4) is 11.5 Å². The number of hydrogen-bond donors (Lipinski definition) is 0. The van der Waals surface area contributed by atoms with Crippen molar-refractivity contribution in [3.63, 3.8) is 0 Å². The van der Waals surface area contributed by atoms with Gasteiger partial charge >= 0.3 is 0 Å². The zero-order chi connectivity index (χ0) is 9.97. The molecule has 0 aromatic rings. The summed E-state index contributed by atoms with van der Waals surface area (Å²) in [7, 11) is 1.95. The van der Waals surface area contributed by atoms with Crippen LogP contribution in [0, 0.1) is 6.20 Å². The van der Waals surface area contributed by atoms with E-state index in [4.69, 9.17) is 0 Å². The molecule has 0 N–H and O–H groups in total. The fraction of sp³-hybridized carbons (Fsp3) is 0.500. The fourth-order valence-electron chi connectivity index (χ4n) is 1.40. The summed E-state index contributed by atoms with van der Waals surface area (Å²) < 4.78 is 1.91. The second kappa shape index (κ2) is 3.74. The van der Waals surface area contributed by atoms with E-state index in [0.29, 0.717) is 5.82 Å². The Morgan fingerprint density at radius 1 is 1.43 bits per heavy atom. The second-order valence-corrected chi connectivity index (χ2v) is 3.35. The molecule has 0 atom stereocenters. The highest BCUT2D eigenvalue weighted by atomic mass is 15.1. The number of nitrogens with zero attached hydrogens (tertiary/aromatic N) is 4. The molecule has 0 bridgehead atoms. The maximum Gasteiger partial charge on any atom is 0.183 e. The molecule has 0 fully saturated rings. The summed E-state index contributed by atoms with van der Waals surface area (Å²) in [5, 5.41) is 0. The summed E-state index contributed by atoms with van der Waals surface area (Å²) in [5.74, 6) is 1.73. The minimum Gasteiger partial charge on any atom is -0.329 e. The molecule has 2 aliphatic rings. The lowest BCUT2D eigenvalue weighted by molar-refractivity contribution is 0.685. The maximum absolute atomic E-state index is 4.43. The van der Waals surface area contributed by atoms with Crippen LogP contribution in [0.2, 0.25) is 0 Å². The first-order chi connectivity index (χ1) is 6.81. The van der Waals surface area contributed by atoms with E-state index in [1.807, 2.05) is 11.6 Å². The number of aromatic nitrogens is 4. The first-order valence-corrected chi connectivity index (χ1v) is 4.87. The molecule has 0 spiro atoms. The zero-order valence-corrected chi connectivity index (χ0v) is 8.49. The number of rotatable bonds is 3. The van der Waals surface area contributed by atoms with Crippen molar-refractivity contribution in [1.29, 1.82) is 0 Å². The predicted molar refractivity (Wildman–Crippen MR) is 52.9 cm³/mol. The van der Waals surface area contributed by atoms with Crippen molar-refractivity contribution in [2.24, 2.45) is 7.05 Å². The molecule has 0 aromatic heterocycles. The van der Waals surface area contributed by atoms with Gasteiger partial charge in [0.1, 0.15) is 17.8 Å². The minimum absolute atomic E-state index is 0.703. The third-order valence-electron chi connectivity index (χ3n) is 2.23. The van der Waals surface area contributed by atoms with E-state index in [-0.39, 0.29) is 0 Å². The van der Waals surface area contributed by atoms with Crippen LogP contribution in [0.4, 0.5) is 0 Å². The zero-order valence-electron chi connectivity index (χ0n) is 8.49. The summed E-state index contributed by atoms with van der Waals surface area (Å²) in [6.07, 6.45) is 7.95. The van der Waals surface area contributed by atoms with Gasteiger partial charge in [0.25, 0.3) is 0 Å². The van der Waals surface area contributed by atoms with Gasteiger partial charge in [-0.2, -0.15) is 0 Å². The molecule has 2 aliphatic heterocycles. The Morgan fingerprint density at radius 3 is 3.07 bits per heavy atom. The van der Waals surface area contributed by atoms with Crippen LogP contribution in [0.15, 0.2) is 6.33 Å². The summed E-state index contributed by atoms with van der Waals surface area (Å²) in [6, 6.07) is 0. The van der Waals surface area contributed by atoms with Crippen LogP contribution >= 0.6 is 0 Å². The third-order valence-corrected chi connectivity index (χ3v) is 2.23. The smallest absolute Gasteiger partial charge is 0.183 e. The monoisotopic (exact) mass is 189 g/mol. The van der Waals surface area contributed by atoms with Crippen molar-refractivity contribution in [2.75, 3.05) is 0 Å². The Labute approximate surface area is 83.4 Å². The Bertz CT molecular complexity index is 393. The van der Waals surface area contributed by atoms with Crippen molar-refractivity contribution in [1.82, 2.24) is 19.5 Å². The first kappa shape index (κ1) is 9.12. The molecule has 4 heteroatoms. The minimum atomic E-state index is 0.703. The highest BCUT2D eigenvalue weighted by Crippen LogP contribution is 2.14. The van der Waals surface area contributed by atoms with Crippen LogP contribution in [0.25, 0.3) is 11.5 Å². The highest BCUT2D eigenvalue weighted by Gasteiger charge is 2.10. The van der Waals surface area contributed by atoms with E-state index in [9.17, 15) is 0 Å². The summed E-state index contributed by atoms with van der Waals surface area (Å²) >= 11 is 0. The van der Waals surface area contributed by atoms with Crippen molar-refractivity contribution < 1.29 is 0 Å². The van der Waals surface area contributed by atoms with Gasteiger partial charge in [0.05, 0.1) is 6.20 Å². The Morgan fingerprint density at radius 2 is 2.29 bits per heavy atom. The van der Waals surface area contributed by atoms with E-state index in [2.05, 4.69) is 28.1 Å². The molecule has 0 aromatic carbocycles. The molecule has 0 saturated heterocycles. The van der Waals surface area contributed by atoms with Gasteiger partial charge in [-0.3, -0.25) is 0 Å². The SMILES string of the molecule is CCCCc1nc2ncnc-2[c]n1C. The van der Waals surface area contributed by atoms with Crippen LogP contribution < -0.4 is 0 Å². The summed E-state index contributed by atoms with van der Waals surface area (Å²) in [5.41, 5.74) is 0.743.